The summed E-state index contributed by atoms with van der Waals surface area (Å²) >= 11 is 11.9. The van der Waals surface area contributed by atoms with Crippen molar-refractivity contribution in [1.29, 1.82) is 0 Å². The maximum Gasteiger partial charge on any atom is 0.126 e. The second-order valence-electron chi connectivity index (χ2n) is 4.51. The lowest BCUT2D eigenvalue weighted by molar-refractivity contribution is 0.409. The van der Waals surface area contributed by atoms with E-state index in [0.717, 1.165) is 25.7 Å². The lowest BCUT2D eigenvalue weighted by Gasteiger charge is -2.28. The van der Waals surface area contributed by atoms with Gasteiger partial charge in [-0.05, 0) is 37.8 Å². The summed E-state index contributed by atoms with van der Waals surface area (Å²) in [4.78, 5) is 0. The van der Waals surface area contributed by atoms with Gasteiger partial charge in [0.05, 0.1) is 15.7 Å². The highest BCUT2D eigenvalue weighted by molar-refractivity contribution is 6.39. The SMILES string of the molecule is NC1CCCC(Nc2c(Cl)cc(F)cc2Cl)C1. The van der Waals surface area contributed by atoms with Crippen LogP contribution in [0.5, 0.6) is 0 Å². The number of hydrogen-bond donors (Lipinski definition) is 2. The number of nitrogens with one attached hydrogen (secondary N) is 1. The van der Waals surface area contributed by atoms with Crippen LogP contribution in [0.4, 0.5) is 10.1 Å². The minimum atomic E-state index is -0.425. The van der Waals surface area contributed by atoms with Gasteiger partial charge in [0.2, 0.25) is 0 Å². The maximum atomic E-state index is 13.0. The van der Waals surface area contributed by atoms with Gasteiger partial charge in [-0.1, -0.05) is 23.2 Å². The van der Waals surface area contributed by atoms with E-state index in [2.05, 4.69) is 5.32 Å². The molecule has 94 valence electrons. The average molecular weight is 277 g/mol. The first-order chi connectivity index (χ1) is 8.06. The third kappa shape index (κ3) is 3.24. The lowest BCUT2D eigenvalue weighted by atomic mass is 9.91. The number of nitrogens with two attached hydrogens (primary N) is 1. The first kappa shape index (κ1) is 12.9. The third-order valence-electron chi connectivity index (χ3n) is 3.07. The smallest absolute Gasteiger partial charge is 0.126 e. The van der Waals surface area contributed by atoms with Gasteiger partial charge in [0.25, 0.3) is 0 Å². The molecule has 0 heterocycles. The molecule has 1 aliphatic rings. The quantitative estimate of drug-likeness (QED) is 0.862. The highest BCUT2D eigenvalue weighted by atomic mass is 35.5. The molecular weight excluding hydrogens is 262 g/mol. The molecule has 0 aromatic heterocycles. The van der Waals surface area contributed by atoms with E-state index in [0.29, 0.717) is 15.7 Å². The zero-order valence-corrected chi connectivity index (χ0v) is 10.9. The van der Waals surface area contributed by atoms with Gasteiger partial charge >= 0.3 is 0 Å². The van der Waals surface area contributed by atoms with Crippen molar-refractivity contribution in [2.24, 2.45) is 5.73 Å². The monoisotopic (exact) mass is 276 g/mol. The van der Waals surface area contributed by atoms with Crippen LogP contribution >= 0.6 is 23.2 Å². The molecule has 5 heteroatoms. The summed E-state index contributed by atoms with van der Waals surface area (Å²) in [5.41, 5.74) is 6.52. The predicted octanol–water partition coefficient (Wildman–Crippen LogP) is 3.81. The molecule has 1 fully saturated rings. The fourth-order valence-corrected chi connectivity index (χ4v) is 2.81. The normalized spacial score (nSPS) is 24.7. The minimum Gasteiger partial charge on any atom is -0.380 e. The summed E-state index contributed by atoms with van der Waals surface area (Å²) in [6.45, 7) is 0. The van der Waals surface area contributed by atoms with Crippen molar-refractivity contribution in [3.63, 3.8) is 0 Å². The van der Waals surface area contributed by atoms with E-state index in [1.165, 1.54) is 12.1 Å². The molecule has 0 aliphatic heterocycles. The van der Waals surface area contributed by atoms with Crippen molar-refractivity contribution >= 4 is 28.9 Å². The standard InChI is InChI=1S/C12H15Cl2FN2/c13-10-4-7(15)5-11(14)12(10)17-9-3-1-2-8(16)6-9/h4-5,8-9,17H,1-3,6,16H2. The van der Waals surface area contributed by atoms with E-state index in [1.807, 2.05) is 0 Å². The first-order valence-corrected chi connectivity index (χ1v) is 6.48. The van der Waals surface area contributed by atoms with Crippen LogP contribution in [-0.4, -0.2) is 12.1 Å². The largest absolute Gasteiger partial charge is 0.380 e. The van der Waals surface area contributed by atoms with Crippen LogP contribution in [0.1, 0.15) is 25.7 Å². The van der Waals surface area contributed by atoms with Crippen molar-refractivity contribution < 1.29 is 4.39 Å². The Balaban J connectivity index is 2.12. The fraction of sp³-hybridized carbons (Fsp3) is 0.500. The van der Waals surface area contributed by atoms with E-state index < -0.39 is 5.82 Å². The Kier molecular flexibility index (Phi) is 4.13. The Bertz CT molecular complexity index is 388. The van der Waals surface area contributed by atoms with E-state index >= 15 is 0 Å². The van der Waals surface area contributed by atoms with Crippen LogP contribution in [-0.2, 0) is 0 Å². The van der Waals surface area contributed by atoms with Gasteiger partial charge in [-0.3, -0.25) is 0 Å². The highest BCUT2D eigenvalue weighted by Gasteiger charge is 2.20. The van der Waals surface area contributed by atoms with Crippen LogP contribution < -0.4 is 11.1 Å². The van der Waals surface area contributed by atoms with E-state index in [1.54, 1.807) is 0 Å². The van der Waals surface area contributed by atoms with E-state index in [-0.39, 0.29) is 12.1 Å². The van der Waals surface area contributed by atoms with Crippen molar-refractivity contribution in [2.75, 3.05) is 5.32 Å². The zero-order valence-electron chi connectivity index (χ0n) is 9.35. The van der Waals surface area contributed by atoms with Gasteiger partial charge in [-0.25, -0.2) is 4.39 Å². The first-order valence-electron chi connectivity index (χ1n) is 5.73. The van der Waals surface area contributed by atoms with Gasteiger partial charge < -0.3 is 11.1 Å². The number of halogens is 3. The summed E-state index contributed by atoms with van der Waals surface area (Å²) in [5.74, 6) is -0.425. The molecule has 1 saturated carbocycles. The predicted molar refractivity (Wildman–Crippen MR) is 70.3 cm³/mol. The van der Waals surface area contributed by atoms with Gasteiger partial charge in [0.15, 0.2) is 0 Å². The van der Waals surface area contributed by atoms with E-state index in [9.17, 15) is 4.39 Å². The van der Waals surface area contributed by atoms with Crippen LogP contribution in [0, 0.1) is 5.82 Å². The summed E-state index contributed by atoms with van der Waals surface area (Å²) in [7, 11) is 0. The maximum absolute atomic E-state index is 13.0. The Morgan fingerprint density at radius 3 is 2.47 bits per heavy atom. The summed E-state index contributed by atoms with van der Waals surface area (Å²) < 4.78 is 13.0. The molecule has 3 N–H and O–H groups in total. The van der Waals surface area contributed by atoms with Gasteiger partial charge in [0, 0.05) is 12.1 Å². The Morgan fingerprint density at radius 2 is 1.88 bits per heavy atom. The van der Waals surface area contributed by atoms with Gasteiger partial charge in [0.1, 0.15) is 5.82 Å². The third-order valence-corrected chi connectivity index (χ3v) is 3.67. The minimum absolute atomic E-state index is 0.222. The van der Waals surface area contributed by atoms with Gasteiger partial charge in [-0.2, -0.15) is 0 Å². The number of anilines is 1. The van der Waals surface area contributed by atoms with Crippen LogP contribution in [0.2, 0.25) is 10.0 Å². The number of hydrogen-bond acceptors (Lipinski definition) is 2. The van der Waals surface area contributed by atoms with Crippen LogP contribution in [0.15, 0.2) is 12.1 Å². The van der Waals surface area contributed by atoms with Crippen LogP contribution in [0.25, 0.3) is 0 Å². The van der Waals surface area contributed by atoms with Crippen LogP contribution in [0.3, 0.4) is 0 Å². The molecule has 2 atom stereocenters. The summed E-state index contributed by atoms with van der Waals surface area (Å²) in [6, 6.07) is 3.01. The van der Waals surface area contributed by atoms with Crippen molar-refractivity contribution in [1.82, 2.24) is 0 Å². The second-order valence-corrected chi connectivity index (χ2v) is 5.33. The molecular formula is C12H15Cl2FN2. The topological polar surface area (TPSA) is 38.0 Å². The molecule has 2 nitrogen and oxygen atoms in total. The summed E-state index contributed by atoms with van der Waals surface area (Å²) in [6.07, 6.45) is 4.08. The van der Waals surface area contributed by atoms with Gasteiger partial charge in [-0.15, -0.1) is 0 Å². The van der Waals surface area contributed by atoms with Crippen molar-refractivity contribution in [2.45, 2.75) is 37.8 Å². The Hall–Kier alpha value is -0.510. The molecule has 17 heavy (non-hydrogen) atoms. The molecule has 0 radical (unpaired) electrons. The second kappa shape index (κ2) is 5.42. The fourth-order valence-electron chi connectivity index (χ4n) is 2.24. The lowest BCUT2D eigenvalue weighted by Crippen LogP contribution is -2.35. The Morgan fingerprint density at radius 1 is 1.24 bits per heavy atom. The molecule has 1 aromatic carbocycles. The molecule has 0 saturated heterocycles. The molecule has 0 bridgehead atoms. The van der Waals surface area contributed by atoms with E-state index in [4.69, 9.17) is 28.9 Å². The number of benzene rings is 1. The molecule has 2 rings (SSSR count). The van der Waals surface area contributed by atoms with Crippen molar-refractivity contribution in [3.8, 4) is 0 Å². The molecule has 1 aliphatic carbocycles. The molecule has 0 spiro atoms. The summed E-state index contributed by atoms with van der Waals surface area (Å²) in [5, 5.41) is 3.89. The molecule has 1 aromatic rings. The molecule has 2 unspecified atom stereocenters. The van der Waals surface area contributed by atoms with Crippen molar-refractivity contribution in [3.05, 3.63) is 28.0 Å². The molecule has 0 amide bonds. The average Bonchev–Trinajstić information content (AvgIpc) is 2.23. The zero-order chi connectivity index (χ0) is 12.4. The Labute approximate surface area is 110 Å². The number of rotatable bonds is 2. The highest BCUT2D eigenvalue weighted by Crippen LogP contribution is 2.33.